The van der Waals surface area contributed by atoms with E-state index in [1.807, 2.05) is 50.2 Å². The second-order valence-corrected chi connectivity index (χ2v) is 6.38. The van der Waals surface area contributed by atoms with Crippen molar-refractivity contribution in [3.05, 3.63) is 57.6 Å². The maximum Gasteiger partial charge on any atom is 0.141 e. The fraction of sp³-hybridized carbons (Fsp3) is 0.294. The van der Waals surface area contributed by atoms with Crippen LogP contribution in [0, 0.1) is 13.8 Å². The van der Waals surface area contributed by atoms with Gasteiger partial charge in [-0.2, -0.15) is 0 Å². The third-order valence-corrected chi connectivity index (χ3v) is 3.88. The average Bonchev–Trinajstić information content (AvgIpc) is 2.34. The molecule has 2 aromatic carbocycles. The van der Waals surface area contributed by atoms with Crippen LogP contribution in [0.3, 0.4) is 0 Å². The third kappa shape index (κ3) is 3.22. The lowest BCUT2D eigenvalue weighted by Gasteiger charge is -2.19. The molecule has 0 amide bonds. The Morgan fingerprint density at radius 1 is 1.05 bits per heavy atom. The van der Waals surface area contributed by atoms with Gasteiger partial charge in [0.15, 0.2) is 0 Å². The SMILES string of the molecule is Cc1cccc(C)c1Oc1ccc(C(C)(C)O)cc1Br. The van der Waals surface area contributed by atoms with E-state index in [9.17, 15) is 5.11 Å². The van der Waals surface area contributed by atoms with Crippen LogP contribution in [0.5, 0.6) is 11.5 Å². The highest BCUT2D eigenvalue weighted by Crippen LogP contribution is 2.35. The molecule has 0 radical (unpaired) electrons. The van der Waals surface area contributed by atoms with Crippen LogP contribution in [-0.2, 0) is 5.60 Å². The first-order valence-electron chi connectivity index (χ1n) is 6.55. The van der Waals surface area contributed by atoms with Gasteiger partial charge in [0.2, 0.25) is 0 Å². The minimum atomic E-state index is -0.861. The molecular formula is C17H19BrO2. The van der Waals surface area contributed by atoms with Crippen LogP contribution in [0.25, 0.3) is 0 Å². The number of aliphatic hydroxyl groups is 1. The topological polar surface area (TPSA) is 29.5 Å². The van der Waals surface area contributed by atoms with E-state index in [-0.39, 0.29) is 0 Å². The van der Waals surface area contributed by atoms with Crippen molar-refractivity contribution in [1.29, 1.82) is 0 Å². The quantitative estimate of drug-likeness (QED) is 0.847. The Balaban J connectivity index is 2.36. The first-order chi connectivity index (χ1) is 9.29. The van der Waals surface area contributed by atoms with Gasteiger partial charge in [-0.3, -0.25) is 0 Å². The molecule has 3 heteroatoms. The zero-order valence-electron chi connectivity index (χ0n) is 12.2. The molecule has 0 aliphatic carbocycles. The number of halogens is 1. The minimum Gasteiger partial charge on any atom is -0.456 e. The van der Waals surface area contributed by atoms with Gasteiger partial charge in [0.05, 0.1) is 10.1 Å². The Bertz CT molecular complexity index is 607. The molecule has 0 aromatic heterocycles. The number of ether oxygens (including phenoxy) is 1. The molecule has 0 aliphatic rings. The van der Waals surface area contributed by atoms with Gasteiger partial charge in [-0.05, 0) is 72.4 Å². The number of hydrogen-bond donors (Lipinski definition) is 1. The van der Waals surface area contributed by atoms with E-state index in [0.717, 1.165) is 32.7 Å². The Hall–Kier alpha value is -1.32. The average molecular weight is 335 g/mol. The van der Waals surface area contributed by atoms with Crippen molar-refractivity contribution in [3.63, 3.8) is 0 Å². The summed E-state index contributed by atoms with van der Waals surface area (Å²) in [5.41, 5.74) is 2.18. The molecule has 0 atom stereocenters. The second kappa shape index (κ2) is 5.58. The normalized spacial score (nSPS) is 11.5. The summed E-state index contributed by atoms with van der Waals surface area (Å²) in [6.07, 6.45) is 0. The molecule has 0 unspecified atom stereocenters. The van der Waals surface area contributed by atoms with Gasteiger partial charge < -0.3 is 9.84 Å². The zero-order chi connectivity index (χ0) is 14.9. The van der Waals surface area contributed by atoms with E-state index >= 15 is 0 Å². The predicted molar refractivity (Wildman–Crippen MR) is 85.4 cm³/mol. The first kappa shape index (κ1) is 15.1. The van der Waals surface area contributed by atoms with E-state index in [1.54, 1.807) is 13.8 Å². The molecule has 2 nitrogen and oxygen atoms in total. The number of rotatable bonds is 3. The van der Waals surface area contributed by atoms with Crippen molar-refractivity contribution < 1.29 is 9.84 Å². The standard InChI is InChI=1S/C17H19BrO2/c1-11-6-5-7-12(2)16(11)20-15-9-8-13(10-14(15)18)17(3,4)19/h5-10,19H,1-4H3. The highest BCUT2D eigenvalue weighted by Gasteiger charge is 2.17. The van der Waals surface area contributed by atoms with Gasteiger partial charge in [0.1, 0.15) is 11.5 Å². The number of hydrogen-bond acceptors (Lipinski definition) is 2. The van der Waals surface area contributed by atoms with E-state index < -0.39 is 5.60 Å². The van der Waals surface area contributed by atoms with Gasteiger partial charge >= 0.3 is 0 Å². The van der Waals surface area contributed by atoms with E-state index in [4.69, 9.17) is 4.74 Å². The highest BCUT2D eigenvalue weighted by molar-refractivity contribution is 9.10. The molecule has 106 valence electrons. The second-order valence-electron chi connectivity index (χ2n) is 5.53. The van der Waals surface area contributed by atoms with Crippen molar-refractivity contribution in [1.82, 2.24) is 0 Å². The van der Waals surface area contributed by atoms with Gasteiger partial charge in [-0.25, -0.2) is 0 Å². The van der Waals surface area contributed by atoms with E-state index in [2.05, 4.69) is 15.9 Å². The van der Waals surface area contributed by atoms with Crippen molar-refractivity contribution in [3.8, 4) is 11.5 Å². The van der Waals surface area contributed by atoms with E-state index in [0.29, 0.717) is 0 Å². The maximum absolute atomic E-state index is 10.0. The number of para-hydroxylation sites is 1. The molecule has 0 saturated carbocycles. The molecule has 0 fully saturated rings. The highest BCUT2D eigenvalue weighted by atomic mass is 79.9. The molecule has 2 rings (SSSR count). The lowest BCUT2D eigenvalue weighted by molar-refractivity contribution is 0.0785. The summed E-state index contributed by atoms with van der Waals surface area (Å²) >= 11 is 3.51. The molecule has 0 heterocycles. The summed E-state index contributed by atoms with van der Waals surface area (Å²) in [4.78, 5) is 0. The van der Waals surface area contributed by atoms with Gasteiger partial charge in [0.25, 0.3) is 0 Å². The fourth-order valence-electron chi connectivity index (χ4n) is 2.03. The fourth-order valence-corrected chi connectivity index (χ4v) is 2.49. The summed E-state index contributed by atoms with van der Waals surface area (Å²) in [5, 5.41) is 10.0. The smallest absolute Gasteiger partial charge is 0.141 e. The van der Waals surface area contributed by atoms with Crippen molar-refractivity contribution in [2.75, 3.05) is 0 Å². The molecule has 0 saturated heterocycles. The molecule has 0 aliphatic heterocycles. The van der Waals surface area contributed by atoms with Crippen LogP contribution in [0.1, 0.15) is 30.5 Å². The van der Waals surface area contributed by atoms with Crippen LogP contribution < -0.4 is 4.74 Å². The maximum atomic E-state index is 10.0. The predicted octanol–water partition coefficient (Wildman–Crippen LogP) is 5.09. The first-order valence-corrected chi connectivity index (χ1v) is 7.35. The summed E-state index contributed by atoms with van der Waals surface area (Å²) in [5.74, 6) is 1.62. The van der Waals surface area contributed by atoms with Crippen molar-refractivity contribution in [2.24, 2.45) is 0 Å². The largest absolute Gasteiger partial charge is 0.456 e. The lowest BCUT2D eigenvalue weighted by Crippen LogP contribution is -2.15. The van der Waals surface area contributed by atoms with Gasteiger partial charge in [-0.15, -0.1) is 0 Å². The number of aryl methyl sites for hydroxylation is 2. The van der Waals surface area contributed by atoms with Crippen LogP contribution in [-0.4, -0.2) is 5.11 Å². The number of benzene rings is 2. The Morgan fingerprint density at radius 2 is 1.65 bits per heavy atom. The summed E-state index contributed by atoms with van der Waals surface area (Å²) in [7, 11) is 0. The molecular weight excluding hydrogens is 316 g/mol. The summed E-state index contributed by atoms with van der Waals surface area (Å²) in [6, 6.07) is 11.7. The third-order valence-electron chi connectivity index (χ3n) is 3.26. The Labute approximate surface area is 128 Å². The van der Waals surface area contributed by atoms with Crippen LogP contribution in [0.2, 0.25) is 0 Å². The molecule has 2 aromatic rings. The van der Waals surface area contributed by atoms with Crippen molar-refractivity contribution >= 4 is 15.9 Å². The van der Waals surface area contributed by atoms with Crippen LogP contribution in [0.4, 0.5) is 0 Å². The monoisotopic (exact) mass is 334 g/mol. The molecule has 0 spiro atoms. The van der Waals surface area contributed by atoms with Gasteiger partial charge in [-0.1, -0.05) is 24.3 Å². The zero-order valence-corrected chi connectivity index (χ0v) is 13.8. The molecule has 0 bridgehead atoms. The molecule has 1 N–H and O–H groups in total. The van der Waals surface area contributed by atoms with Gasteiger partial charge in [0, 0.05) is 0 Å². The summed E-state index contributed by atoms with van der Waals surface area (Å²) in [6.45, 7) is 7.59. The molecule has 20 heavy (non-hydrogen) atoms. The van der Waals surface area contributed by atoms with E-state index in [1.165, 1.54) is 0 Å². The summed E-state index contributed by atoms with van der Waals surface area (Å²) < 4.78 is 6.84. The Kier molecular flexibility index (Phi) is 4.21. The minimum absolute atomic E-state index is 0.746. The Morgan fingerprint density at radius 3 is 2.15 bits per heavy atom. The van der Waals surface area contributed by atoms with Crippen LogP contribution >= 0.6 is 15.9 Å². The van der Waals surface area contributed by atoms with Crippen LogP contribution in [0.15, 0.2) is 40.9 Å². The van der Waals surface area contributed by atoms with Crippen molar-refractivity contribution in [2.45, 2.75) is 33.3 Å². The lowest BCUT2D eigenvalue weighted by atomic mass is 9.98.